The third-order valence-corrected chi connectivity index (χ3v) is 7.21. The van der Waals surface area contributed by atoms with E-state index in [0.717, 1.165) is 37.8 Å². The Morgan fingerprint density at radius 3 is 2.50 bits per heavy atom. The van der Waals surface area contributed by atoms with E-state index in [9.17, 15) is 4.79 Å². The van der Waals surface area contributed by atoms with Crippen LogP contribution in [-0.4, -0.2) is 54.3 Å². The molecule has 1 aliphatic rings. The van der Waals surface area contributed by atoms with Gasteiger partial charge in [-0.05, 0) is 46.0 Å². The number of ether oxygens (including phenoxy) is 3. The van der Waals surface area contributed by atoms with Gasteiger partial charge in [-0.3, -0.25) is 10.1 Å². The van der Waals surface area contributed by atoms with Gasteiger partial charge in [-0.2, -0.15) is 0 Å². The molecule has 0 radical (unpaired) electrons. The number of hydrogen-bond donors (Lipinski definition) is 1. The van der Waals surface area contributed by atoms with Crippen molar-refractivity contribution in [2.75, 3.05) is 26.1 Å². The highest BCUT2D eigenvalue weighted by Crippen LogP contribution is 2.38. The topological polar surface area (TPSA) is 82.8 Å². The molecule has 0 saturated heterocycles. The van der Waals surface area contributed by atoms with Crippen LogP contribution in [0.15, 0.2) is 10.6 Å². The normalized spacial score (nSPS) is 21.4. The molecular weight excluding hydrogens is 404 g/mol. The number of anilines is 1. The summed E-state index contributed by atoms with van der Waals surface area (Å²) in [7, 11) is 3.40. The molecule has 1 aromatic rings. The molecule has 1 fully saturated rings. The Balaban J connectivity index is 1.91. The summed E-state index contributed by atoms with van der Waals surface area (Å²) in [5.74, 6) is 0.280. The quantitative estimate of drug-likeness (QED) is 0.495. The van der Waals surface area contributed by atoms with Gasteiger partial charge in [0.05, 0.1) is 23.2 Å². The van der Waals surface area contributed by atoms with Gasteiger partial charge >= 0.3 is 0 Å². The summed E-state index contributed by atoms with van der Waals surface area (Å²) in [5, 5.41) is 7.51. The maximum Gasteiger partial charge on any atom is 0.242 e. The number of carbonyl (C=O) groups is 1. The second kappa shape index (κ2) is 11.0. The van der Waals surface area contributed by atoms with E-state index in [0.29, 0.717) is 23.8 Å². The number of aromatic nitrogens is 1. The van der Waals surface area contributed by atoms with Gasteiger partial charge in [0.1, 0.15) is 0 Å². The van der Waals surface area contributed by atoms with Crippen LogP contribution < -0.4 is 5.32 Å². The van der Waals surface area contributed by atoms with Gasteiger partial charge in [0.2, 0.25) is 11.8 Å². The van der Waals surface area contributed by atoms with Crippen LogP contribution in [0, 0.1) is 0 Å². The molecule has 1 unspecified atom stereocenters. The first-order chi connectivity index (χ1) is 14.1. The van der Waals surface area contributed by atoms with Gasteiger partial charge in [0.25, 0.3) is 0 Å². The Morgan fingerprint density at radius 2 is 1.93 bits per heavy atom. The maximum absolute atomic E-state index is 12.9. The molecule has 7 nitrogen and oxygen atoms in total. The molecular formula is C22H38N2O5S. The molecule has 1 atom stereocenters. The van der Waals surface area contributed by atoms with Crippen molar-refractivity contribution in [3.63, 3.8) is 0 Å². The fourth-order valence-corrected chi connectivity index (χ4v) is 5.00. The summed E-state index contributed by atoms with van der Waals surface area (Å²) in [4.78, 5) is 12.9. The second-order valence-electron chi connectivity index (χ2n) is 9.06. The van der Waals surface area contributed by atoms with Crippen LogP contribution in [0.5, 0.6) is 0 Å². The Morgan fingerprint density at radius 1 is 1.27 bits per heavy atom. The van der Waals surface area contributed by atoms with E-state index in [1.165, 1.54) is 0 Å². The third-order valence-electron chi connectivity index (χ3n) is 5.63. The lowest BCUT2D eigenvalue weighted by atomic mass is 9.90. The number of carbonyl (C=O) groups excluding carboxylic acids is 1. The van der Waals surface area contributed by atoms with Gasteiger partial charge in [-0.25, -0.2) is 0 Å². The molecule has 1 heterocycles. The van der Waals surface area contributed by atoms with E-state index >= 15 is 0 Å². The van der Waals surface area contributed by atoms with Crippen LogP contribution in [0.2, 0.25) is 0 Å². The van der Waals surface area contributed by atoms with E-state index in [1.54, 1.807) is 32.0 Å². The molecule has 0 aliphatic heterocycles. The zero-order valence-electron chi connectivity index (χ0n) is 19.4. The minimum atomic E-state index is -0.566. The molecule has 1 aliphatic carbocycles. The molecule has 172 valence electrons. The molecule has 0 spiro atoms. The summed E-state index contributed by atoms with van der Waals surface area (Å²) in [6.45, 7) is 10.4. The molecule has 2 rings (SSSR count). The Hall–Kier alpha value is -1.09. The monoisotopic (exact) mass is 442 g/mol. The molecule has 8 heteroatoms. The van der Waals surface area contributed by atoms with Crippen molar-refractivity contribution in [1.82, 2.24) is 5.16 Å². The van der Waals surface area contributed by atoms with Crippen LogP contribution in [0.4, 0.5) is 5.88 Å². The molecule has 1 N–H and O–H groups in total. The number of rotatable bonds is 11. The molecule has 1 aromatic heterocycles. The van der Waals surface area contributed by atoms with Crippen molar-refractivity contribution >= 4 is 23.6 Å². The lowest BCUT2D eigenvalue weighted by molar-refractivity contribution is -0.135. The first-order valence-electron chi connectivity index (χ1n) is 10.7. The predicted octanol–water partition coefficient (Wildman–Crippen LogP) is 4.76. The number of nitrogens with zero attached hydrogens (tertiary/aromatic N) is 1. The molecule has 0 bridgehead atoms. The van der Waals surface area contributed by atoms with Crippen LogP contribution in [0.1, 0.15) is 72.4 Å². The molecule has 1 saturated carbocycles. The fourth-order valence-electron chi connectivity index (χ4n) is 3.50. The summed E-state index contributed by atoms with van der Waals surface area (Å²) in [6, 6.07) is 1.78. The average Bonchev–Trinajstić information content (AvgIpc) is 3.18. The first-order valence-corrected chi connectivity index (χ1v) is 11.6. The summed E-state index contributed by atoms with van der Waals surface area (Å²) in [6.07, 6.45) is 5.13. The minimum Gasteiger partial charge on any atom is -0.381 e. The smallest absolute Gasteiger partial charge is 0.242 e. The van der Waals surface area contributed by atoms with Crippen molar-refractivity contribution in [2.24, 2.45) is 0 Å². The highest BCUT2D eigenvalue weighted by molar-refractivity contribution is 8.02. The lowest BCUT2D eigenvalue weighted by Gasteiger charge is -2.32. The average molecular weight is 443 g/mol. The van der Waals surface area contributed by atoms with Crippen molar-refractivity contribution in [3.05, 3.63) is 11.8 Å². The van der Waals surface area contributed by atoms with Crippen LogP contribution in [-0.2, 0) is 24.4 Å². The molecule has 30 heavy (non-hydrogen) atoms. The van der Waals surface area contributed by atoms with E-state index < -0.39 is 4.75 Å². The van der Waals surface area contributed by atoms with Crippen LogP contribution in [0.25, 0.3) is 0 Å². The molecule has 1 amide bonds. The highest BCUT2D eigenvalue weighted by atomic mass is 32.2. The van der Waals surface area contributed by atoms with Gasteiger partial charge < -0.3 is 18.7 Å². The van der Waals surface area contributed by atoms with E-state index in [1.807, 2.05) is 34.6 Å². The Bertz CT molecular complexity index is 664. The van der Waals surface area contributed by atoms with Crippen molar-refractivity contribution < 1.29 is 23.5 Å². The van der Waals surface area contributed by atoms with Crippen molar-refractivity contribution in [3.8, 4) is 0 Å². The standard InChI is InChI=1S/C22H38N2O5S/c1-8-19(27-7)28-14-21(2,3)17-13-18(29-24-17)23-20(25)22(4,5)30-16-11-9-15(26-6)10-12-16/h13,15-16,19H,8-12,14H2,1-7H3,(H,23,25). The fraction of sp³-hybridized carbons (Fsp3) is 0.818. The summed E-state index contributed by atoms with van der Waals surface area (Å²) >= 11 is 1.73. The van der Waals surface area contributed by atoms with E-state index in [-0.39, 0.29) is 17.6 Å². The number of hydrogen-bond acceptors (Lipinski definition) is 7. The zero-order valence-corrected chi connectivity index (χ0v) is 20.3. The Kier molecular flexibility index (Phi) is 9.21. The van der Waals surface area contributed by atoms with Gasteiger partial charge in [0, 0.05) is 31.0 Å². The first kappa shape index (κ1) is 25.2. The summed E-state index contributed by atoms with van der Waals surface area (Å²) in [5.41, 5.74) is 0.356. The maximum atomic E-state index is 12.9. The predicted molar refractivity (Wildman–Crippen MR) is 120 cm³/mol. The number of nitrogens with one attached hydrogen (secondary N) is 1. The van der Waals surface area contributed by atoms with E-state index in [2.05, 4.69) is 10.5 Å². The van der Waals surface area contributed by atoms with Crippen molar-refractivity contribution in [2.45, 2.75) is 94.5 Å². The second-order valence-corrected chi connectivity index (χ2v) is 11.0. The van der Waals surface area contributed by atoms with Crippen molar-refractivity contribution in [1.29, 1.82) is 0 Å². The number of methoxy groups -OCH3 is 2. The van der Waals surface area contributed by atoms with Gasteiger partial charge in [-0.15, -0.1) is 11.8 Å². The molecule has 0 aromatic carbocycles. The third kappa shape index (κ3) is 6.97. The zero-order chi connectivity index (χ0) is 22.4. The SMILES string of the molecule is CCC(OC)OCC(C)(C)c1cc(NC(=O)C(C)(C)SC2CCC(OC)CC2)on1. The van der Waals surface area contributed by atoms with E-state index in [4.69, 9.17) is 18.7 Å². The number of thioether (sulfide) groups is 1. The summed E-state index contributed by atoms with van der Waals surface area (Å²) < 4.78 is 21.3. The number of amides is 1. The highest BCUT2D eigenvalue weighted by Gasteiger charge is 2.35. The lowest BCUT2D eigenvalue weighted by Crippen LogP contribution is -2.37. The Labute approximate surface area is 184 Å². The minimum absolute atomic E-state index is 0.0800. The largest absolute Gasteiger partial charge is 0.381 e. The van der Waals surface area contributed by atoms with Crippen LogP contribution >= 0.6 is 11.8 Å². The van der Waals surface area contributed by atoms with Crippen LogP contribution in [0.3, 0.4) is 0 Å². The van der Waals surface area contributed by atoms with Gasteiger partial charge in [0.15, 0.2) is 6.29 Å². The van der Waals surface area contributed by atoms with Gasteiger partial charge in [-0.1, -0.05) is 25.9 Å².